The molecule has 1 N–H and O–H groups in total. The van der Waals surface area contributed by atoms with Crippen molar-refractivity contribution in [1.82, 2.24) is 0 Å². The van der Waals surface area contributed by atoms with E-state index < -0.39 is 24.3 Å². The van der Waals surface area contributed by atoms with Gasteiger partial charge in [0, 0.05) is 12.6 Å². The predicted octanol–water partition coefficient (Wildman–Crippen LogP) is -0.588. The van der Waals surface area contributed by atoms with E-state index in [4.69, 9.17) is 17.3 Å². The standard InChI is InChI=1S/C7H12BNO4/c1-2-12-6-5(10)4(3-9-11)13-7(6)8/h4-7,10H,2-3H2,1H3. The molecule has 72 valence electrons. The molecule has 2 radical (unpaired) electrons. The molecule has 0 aromatic heterocycles. The first-order valence-electron chi connectivity index (χ1n) is 4.20. The second kappa shape index (κ2) is 4.69. The molecule has 0 aliphatic carbocycles. The zero-order valence-corrected chi connectivity index (χ0v) is 7.42. The minimum absolute atomic E-state index is 0.0988. The molecule has 0 bridgehead atoms. The van der Waals surface area contributed by atoms with Gasteiger partial charge in [0.25, 0.3) is 0 Å². The first-order chi connectivity index (χ1) is 6.20. The van der Waals surface area contributed by atoms with Crippen molar-refractivity contribution in [2.24, 2.45) is 5.18 Å². The number of nitrogens with zero attached hydrogens (tertiary/aromatic N) is 1. The van der Waals surface area contributed by atoms with Crippen LogP contribution in [-0.4, -0.2) is 50.4 Å². The molecule has 0 amide bonds. The normalized spacial score (nSPS) is 39.2. The topological polar surface area (TPSA) is 68.1 Å². The van der Waals surface area contributed by atoms with E-state index in [0.717, 1.165) is 0 Å². The minimum Gasteiger partial charge on any atom is -0.388 e. The Hall–Kier alpha value is -0.455. The number of nitroso groups, excluding NO2 is 1. The van der Waals surface area contributed by atoms with Crippen molar-refractivity contribution in [3.63, 3.8) is 0 Å². The lowest BCUT2D eigenvalue weighted by Crippen LogP contribution is -2.36. The van der Waals surface area contributed by atoms with Gasteiger partial charge in [0.15, 0.2) is 0 Å². The lowest BCUT2D eigenvalue weighted by Gasteiger charge is -2.17. The summed E-state index contributed by atoms with van der Waals surface area (Å²) in [5.41, 5.74) is 0. The van der Waals surface area contributed by atoms with Gasteiger partial charge >= 0.3 is 0 Å². The molecule has 0 aromatic carbocycles. The third kappa shape index (κ3) is 2.27. The van der Waals surface area contributed by atoms with E-state index in [-0.39, 0.29) is 6.54 Å². The lowest BCUT2D eigenvalue weighted by atomic mass is 9.93. The van der Waals surface area contributed by atoms with E-state index >= 15 is 0 Å². The van der Waals surface area contributed by atoms with Crippen LogP contribution in [0.2, 0.25) is 0 Å². The van der Waals surface area contributed by atoms with Gasteiger partial charge in [-0.1, -0.05) is 5.18 Å². The van der Waals surface area contributed by atoms with Crippen LogP contribution in [-0.2, 0) is 9.47 Å². The van der Waals surface area contributed by atoms with Crippen LogP contribution >= 0.6 is 0 Å². The molecular formula is C7H12BNO4. The lowest BCUT2D eigenvalue weighted by molar-refractivity contribution is -0.0157. The predicted molar refractivity (Wildman–Crippen MR) is 46.5 cm³/mol. The largest absolute Gasteiger partial charge is 0.388 e. The van der Waals surface area contributed by atoms with Gasteiger partial charge in [-0.15, -0.1) is 0 Å². The number of rotatable bonds is 4. The molecule has 0 aromatic rings. The Labute approximate surface area is 77.8 Å². The molecular weight excluding hydrogens is 173 g/mol. The van der Waals surface area contributed by atoms with Crippen LogP contribution in [0.3, 0.4) is 0 Å². The molecule has 5 nitrogen and oxygen atoms in total. The molecule has 1 aliphatic heterocycles. The molecule has 1 rings (SSSR count). The van der Waals surface area contributed by atoms with Gasteiger partial charge in [0.2, 0.25) is 0 Å². The molecule has 1 heterocycles. The number of hydrogen-bond donors (Lipinski definition) is 1. The minimum atomic E-state index is -0.868. The number of aliphatic hydroxyl groups is 1. The fraction of sp³-hybridized carbons (Fsp3) is 1.00. The fourth-order valence-electron chi connectivity index (χ4n) is 1.38. The molecule has 1 saturated heterocycles. The van der Waals surface area contributed by atoms with Crippen molar-refractivity contribution < 1.29 is 14.6 Å². The highest BCUT2D eigenvalue weighted by atomic mass is 16.6. The van der Waals surface area contributed by atoms with Gasteiger partial charge in [-0.2, -0.15) is 4.91 Å². The summed E-state index contributed by atoms with van der Waals surface area (Å²) in [5, 5.41) is 12.2. The first kappa shape index (κ1) is 10.6. The fourth-order valence-corrected chi connectivity index (χ4v) is 1.38. The van der Waals surface area contributed by atoms with Crippen molar-refractivity contribution in [2.45, 2.75) is 31.2 Å². The monoisotopic (exact) mass is 185 g/mol. The zero-order chi connectivity index (χ0) is 9.84. The van der Waals surface area contributed by atoms with Crippen LogP contribution in [0.5, 0.6) is 0 Å². The Bertz CT molecular complexity index is 180. The summed E-state index contributed by atoms with van der Waals surface area (Å²) >= 11 is 0. The molecule has 1 aliphatic rings. The average Bonchev–Trinajstić information content (AvgIpc) is 2.34. The van der Waals surface area contributed by atoms with Gasteiger partial charge in [-0.3, -0.25) is 0 Å². The van der Waals surface area contributed by atoms with Gasteiger partial charge in [-0.05, 0) is 6.92 Å². The van der Waals surface area contributed by atoms with Crippen molar-refractivity contribution in [2.75, 3.05) is 13.2 Å². The van der Waals surface area contributed by atoms with Crippen LogP contribution in [0.15, 0.2) is 5.18 Å². The molecule has 13 heavy (non-hydrogen) atoms. The van der Waals surface area contributed by atoms with E-state index in [0.29, 0.717) is 6.61 Å². The summed E-state index contributed by atoms with van der Waals surface area (Å²) in [5.74, 6) is 0. The molecule has 4 atom stereocenters. The highest BCUT2D eigenvalue weighted by molar-refractivity contribution is 6.11. The Balaban J connectivity index is 2.52. The Morgan fingerprint density at radius 2 is 2.38 bits per heavy atom. The van der Waals surface area contributed by atoms with Crippen LogP contribution in [0.4, 0.5) is 0 Å². The number of aliphatic hydroxyl groups excluding tert-OH is 1. The van der Waals surface area contributed by atoms with Crippen molar-refractivity contribution in [3.8, 4) is 0 Å². The number of hydrogen-bond acceptors (Lipinski definition) is 5. The second-order valence-corrected chi connectivity index (χ2v) is 2.86. The second-order valence-electron chi connectivity index (χ2n) is 2.86. The summed E-state index contributed by atoms with van der Waals surface area (Å²) in [6, 6.07) is -0.679. The molecule has 0 spiro atoms. The Kier molecular flexibility index (Phi) is 3.83. The Morgan fingerprint density at radius 3 is 2.92 bits per heavy atom. The molecule has 1 fully saturated rings. The SMILES string of the molecule is [B]C1OC(CN=O)C(O)C1OCC. The summed E-state index contributed by atoms with van der Waals surface area (Å²) < 4.78 is 10.2. The molecule has 0 saturated carbocycles. The van der Waals surface area contributed by atoms with Crippen LogP contribution < -0.4 is 0 Å². The maximum absolute atomic E-state index is 9.95. The van der Waals surface area contributed by atoms with Gasteiger partial charge in [-0.25, -0.2) is 0 Å². The van der Waals surface area contributed by atoms with Crippen molar-refractivity contribution in [1.29, 1.82) is 0 Å². The smallest absolute Gasteiger partial charge is 0.112 e. The average molecular weight is 185 g/mol. The van der Waals surface area contributed by atoms with Crippen LogP contribution in [0, 0.1) is 4.91 Å². The van der Waals surface area contributed by atoms with Crippen LogP contribution in [0.1, 0.15) is 6.92 Å². The van der Waals surface area contributed by atoms with E-state index in [1.807, 2.05) is 0 Å². The quantitative estimate of drug-likeness (QED) is 0.469. The first-order valence-corrected chi connectivity index (χ1v) is 4.20. The summed E-state index contributed by atoms with van der Waals surface area (Å²) in [4.78, 5) is 9.95. The van der Waals surface area contributed by atoms with E-state index in [1.165, 1.54) is 0 Å². The van der Waals surface area contributed by atoms with E-state index in [1.54, 1.807) is 6.92 Å². The highest BCUT2D eigenvalue weighted by Crippen LogP contribution is 2.22. The third-order valence-corrected chi connectivity index (χ3v) is 1.99. The maximum Gasteiger partial charge on any atom is 0.112 e. The summed E-state index contributed by atoms with van der Waals surface area (Å²) in [6.45, 7) is 2.14. The van der Waals surface area contributed by atoms with E-state index in [2.05, 4.69) is 5.18 Å². The van der Waals surface area contributed by atoms with Gasteiger partial charge in [0.05, 0.1) is 0 Å². The van der Waals surface area contributed by atoms with Crippen LogP contribution in [0.25, 0.3) is 0 Å². The number of ether oxygens (including phenoxy) is 2. The zero-order valence-electron chi connectivity index (χ0n) is 7.42. The van der Waals surface area contributed by atoms with E-state index in [9.17, 15) is 10.0 Å². The highest BCUT2D eigenvalue weighted by Gasteiger charge is 2.41. The van der Waals surface area contributed by atoms with Gasteiger partial charge in [0.1, 0.15) is 32.7 Å². The summed E-state index contributed by atoms with van der Waals surface area (Å²) in [6.07, 6.45) is -2.06. The van der Waals surface area contributed by atoms with Crippen molar-refractivity contribution >= 4 is 7.85 Å². The van der Waals surface area contributed by atoms with Gasteiger partial charge < -0.3 is 14.6 Å². The Morgan fingerprint density at radius 1 is 1.69 bits per heavy atom. The molecule has 6 heteroatoms. The summed E-state index contributed by atoms with van der Waals surface area (Å²) in [7, 11) is 5.53. The molecule has 4 unspecified atom stereocenters. The third-order valence-electron chi connectivity index (χ3n) is 1.99. The van der Waals surface area contributed by atoms with Crippen molar-refractivity contribution in [3.05, 3.63) is 4.91 Å². The maximum atomic E-state index is 9.95.